The Kier molecular flexibility index (Phi) is 4.21. The van der Waals surface area contributed by atoms with Gasteiger partial charge in [-0.05, 0) is 19.1 Å². The summed E-state index contributed by atoms with van der Waals surface area (Å²) in [5, 5.41) is 9.04. The fourth-order valence-corrected chi connectivity index (χ4v) is 1.75. The van der Waals surface area contributed by atoms with E-state index in [-0.39, 0.29) is 24.6 Å². The Hall–Kier alpha value is -1.44. The van der Waals surface area contributed by atoms with Crippen molar-refractivity contribution >= 4 is 35.9 Å². The zero-order valence-corrected chi connectivity index (χ0v) is 9.10. The minimum atomic E-state index is -0.946. The summed E-state index contributed by atoms with van der Waals surface area (Å²) in [6.07, 6.45) is 0. The second kappa shape index (κ2) is 5.26. The molecule has 1 N–H and O–H groups in total. The van der Waals surface area contributed by atoms with Crippen LogP contribution in [0.3, 0.4) is 0 Å². The molecule has 0 aliphatic heterocycles. The van der Waals surface area contributed by atoms with Crippen LogP contribution in [0.15, 0.2) is 18.2 Å². The van der Waals surface area contributed by atoms with Gasteiger partial charge < -0.3 is 14.4 Å². The van der Waals surface area contributed by atoms with E-state index in [9.17, 15) is 4.79 Å². The van der Waals surface area contributed by atoms with E-state index < -0.39 is 5.97 Å². The molecule has 0 amide bonds. The summed E-state index contributed by atoms with van der Waals surface area (Å²) >= 11 is 0. The maximum atomic E-state index is 11.0. The van der Waals surface area contributed by atoms with E-state index in [4.69, 9.17) is 9.84 Å². The van der Waals surface area contributed by atoms with Gasteiger partial charge in [-0.3, -0.25) is 0 Å². The van der Waals surface area contributed by atoms with Crippen molar-refractivity contribution in [1.82, 2.24) is 9.55 Å². The van der Waals surface area contributed by atoms with E-state index in [1.165, 1.54) is 7.11 Å². The fraction of sp³-hybridized carbons (Fsp3) is 0.273. The van der Waals surface area contributed by atoms with Crippen LogP contribution in [0.1, 0.15) is 17.4 Å². The van der Waals surface area contributed by atoms with Gasteiger partial charge >= 0.3 is 24.8 Å². The molecule has 2 aromatic heterocycles. The predicted molar refractivity (Wildman–Crippen MR) is 66.1 cm³/mol. The molecule has 2 heterocycles. The van der Waals surface area contributed by atoms with Gasteiger partial charge in [-0.15, -0.1) is 0 Å². The molecule has 0 bridgehead atoms. The van der Waals surface area contributed by atoms with Crippen LogP contribution >= 0.6 is 0 Å². The number of pyridine rings is 1. The number of carboxylic acid groups (broad SMARTS) is 1. The number of nitrogens with zero attached hydrogens (tertiary/aromatic N) is 2. The third kappa shape index (κ3) is 2.31. The molecule has 0 aliphatic carbocycles. The number of carbonyl (C=O) groups is 1. The zero-order chi connectivity index (χ0) is 11.7. The number of fused-ring (bicyclic) bond motifs is 1. The van der Waals surface area contributed by atoms with E-state index in [1.54, 1.807) is 16.7 Å². The van der Waals surface area contributed by atoms with Gasteiger partial charge in [0, 0.05) is 12.6 Å². The molecule has 0 aromatic carbocycles. The maximum absolute atomic E-state index is 11.0. The van der Waals surface area contributed by atoms with Crippen molar-refractivity contribution in [2.75, 3.05) is 7.11 Å². The molecular weight excluding hydrogens is 215 g/mol. The fourth-order valence-electron chi connectivity index (χ4n) is 1.75. The second-order valence-corrected chi connectivity index (χ2v) is 3.34. The molecule has 0 saturated carbocycles. The number of methoxy groups -OCH3 is 1. The summed E-state index contributed by atoms with van der Waals surface area (Å²) in [6.45, 7) is 2.50. The first-order chi connectivity index (χ1) is 7.67. The average Bonchev–Trinajstić information content (AvgIpc) is 2.66. The van der Waals surface area contributed by atoms with Gasteiger partial charge in [-0.1, -0.05) is 0 Å². The van der Waals surface area contributed by atoms with Crippen LogP contribution < -0.4 is 4.74 Å². The Morgan fingerprint density at radius 1 is 1.53 bits per heavy atom. The number of rotatable bonds is 3. The van der Waals surface area contributed by atoms with Crippen molar-refractivity contribution in [2.45, 2.75) is 13.5 Å². The molecule has 0 atom stereocenters. The topological polar surface area (TPSA) is 64.4 Å². The summed E-state index contributed by atoms with van der Waals surface area (Å²) in [5.41, 5.74) is 1.69. The van der Waals surface area contributed by atoms with Crippen molar-refractivity contribution in [2.24, 2.45) is 0 Å². The van der Waals surface area contributed by atoms with E-state index in [2.05, 4.69) is 4.98 Å². The Morgan fingerprint density at radius 2 is 2.24 bits per heavy atom. The predicted octanol–water partition coefficient (Wildman–Crippen LogP) is 1.11. The van der Waals surface area contributed by atoms with Gasteiger partial charge in [0.1, 0.15) is 5.69 Å². The third-order valence-corrected chi connectivity index (χ3v) is 2.48. The number of carboxylic acids is 1. The summed E-state index contributed by atoms with van der Waals surface area (Å²) in [6, 6.07) is 5.10. The molecule has 5 nitrogen and oxygen atoms in total. The molecule has 0 aliphatic rings. The zero-order valence-electron chi connectivity index (χ0n) is 9.10. The third-order valence-electron chi connectivity index (χ3n) is 2.48. The molecule has 0 saturated heterocycles. The SMILES string of the molecule is CCn1c(C(=O)O)cc2nc(OC)ccc21.[LiH]. The van der Waals surface area contributed by atoms with Crippen LogP contribution in [0.4, 0.5) is 0 Å². The van der Waals surface area contributed by atoms with Crippen LogP contribution in [-0.2, 0) is 6.54 Å². The molecular formula is C11H13LiN2O3. The van der Waals surface area contributed by atoms with Gasteiger partial charge in [0.15, 0.2) is 0 Å². The second-order valence-electron chi connectivity index (χ2n) is 3.34. The first-order valence-corrected chi connectivity index (χ1v) is 4.95. The number of hydrogen-bond donors (Lipinski definition) is 1. The van der Waals surface area contributed by atoms with Gasteiger partial charge in [-0.25, -0.2) is 9.78 Å². The van der Waals surface area contributed by atoms with Gasteiger partial charge in [-0.2, -0.15) is 0 Å². The molecule has 2 aromatic rings. The van der Waals surface area contributed by atoms with Crippen molar-refractivity contribution < 1.29 is 14.6 Å². The molecule has 0 fully saturated rings. The Bertz CT molecular complexity index is 551. The summed E-state index contributed by atoms with van der Waals surface area (Å²) in [4.78, 5) is 15.2. The van der Waals surface area contributed by atoms with E-state index in [0.29, 0.717) is 17.9 Å². The number of aryl methyl sites for hydroxylation is 1. The molecule has 86 valence electrons. The number of hydrogen-bond acceptors (Lipinski definition) is 3. The van der Waals surface area contributed by atoms with Crippen LogP contribution in [0, 0.1) is 0 Å². The first kappa shape index (κ1) is 13.6. The Morgan fingerprint density at radius 3 is 2.76 bits per heavy atom. The quantitative estimate of drug-likeness (QED) is 0.799. The normalized spacial score (nSPS) is 10.0. The van der Waals surface area contributed by atoms with E-state index in [1.807, 2.05) is 13.0 Å². The molecule has 0 radical (unpaired) electrons. The Labute approximate surface area is 111 Å². The number of aromatic nitrogens is 2. The molecule has 2 rings (SSSR count). The van der Waals surface area contributed by atoms with Crippen LogP contribution in [0.5, 0.6) is 5.88 Å². The number of aromatic carboxylic acids is 1. The molecule has 0 unspecified atom stereocenters. The van der Waals surface area contributed by atoms with Crippen molar-refractivity contribution in [3.05, 3.63) is 23.9 Å². The summed E-state index contributed by atoms with van der Waals surface area (Å²) < 4.78 is 6.71. The standard InChI is InChI=1S/C11H12N2O3.Li.H/c1-3-13-8-4-5-10(16-2)12-7(8)6-9(13)11(14)15;;/h4-6H,3H2,1-2H3,(H,14,15);;. The number of ether oxygens (including phenoxy) is 1. The van der Waals surface area contributed by atoms with Gasteiger partial charge in [0.25, 0.3) is 0 Å². The van der Waals surface area contributed by atoms with Gasteiger partial charge in [0.2, 0.25) is 5.88 Å². The van der Waals surface area contributed by atoms with E-state index in [0.717, 1.165) is 5.52 Å². The van der Waals surface area contributed by atoms with Crippen LogP contribution in [0.25, 0.3) is 11.0 Å². The summed E-state index contributed by atoms with van der Waals surface area (Å²) in [7, 11) is 1.53. The van der Waals surface area contributed by atoms with Crippen LogP contribution in [-0.4, -0.2) is 46.6 Å². The van der Waals surface area contributed by atoms with Crippen molar-refractivity contribution in [1.29, 1.82) is 0 Å². The van der Waals surface area contributed by atoms with Gasteiger partial charge in [0.05, 0.1) is 18.1 Å². The monoisotopic (exact) mass is 228 g/mol. The Balaban J connectivity index is 0.00000144. The molecule has 0 spiro atoms. The van der Waals surface area contributed by atoms with Crippen molar-refractivity contribution in [3.8, 4) is 5.88 Å². The first-order valence-electron chi connectivity index (χ1n) is 4.95. The van der Waals surface area contributed by atoms with E-state index >= 15 is 0 Å². The average molecular weight is 228 g/mol. The minimum absolute atomic E-state index is 0. The molecule has 17 heavy (non-hydrogen) atoms. The van der Waals surface area contributed by atoms with Crippen LogP contribution in [0.2, 0.25) is 0 Å². The molecule has 6 heteroatoms. The van der Waals surface area contributed by atoms with Crippen molar-refractivity contribution in [3.63, 3.8) is 0 Å². The summed E-state index contributed by atoms with van der Waals surface area (Å²) in [5.74, 6) is -0.462.